The zero-order valence-electron chi connectivity index (χ0n) is 8.25. The first kappa shape index (κ1) is 8.88. The smallest absolute Gasteiger partial charge is 0.0397 e. The van der Waals surface area contributed by atoms with Crippen molar-refractivity contribution in [1.29, 1.82) is 0 Å². The molecule has 0 amide bonds. The Morgan fingerprint density at radius 1 is 1.07 bits per heavy atom. The van der Waals surface area contributed by atoms with Gasteiger partial charge in [0.2, 0.25) is 0 Å². The van der Waals surface area contributed by atoms with Gasteiger partial charge in [0, 0.05) is 16.8 Å². The van der Waals surface area contributed by atoms with Gasteiger partial charge in [0.1, 0.15) is 0 Å². The number of hydrogen-bond donors (Lipinski definition) is 2. The first-order chi connectivity index (χ1) is 6.70. The Hall–Kier alpha value is -1.70. The summed E-state index contributed by atoms with van der Waals surface area (Å²) in [5.74, 6) is 0. The predicted molar refractivity (Wildman–Crippen MR) is 62.2 cm³/mol. The van der Waals surface area contributed by atoms with Crippen LogP contribution in [0.1, 0.15) is 12.5 Å². The molecule has 4 N–H and O–H groups in total. The zero-order valence-corrected chi connectivity index (χ0v) is 8.25. The Morgan fingerprint density at radius 2 is 1.86 bits per heavy atom. The number of fused-ring (bicyclic) bond motifs is 1. The van der Waals surface area contributed by atoms with E-state index in [-0.39, 0.29) is 0 Å². The molecule has 0 aliphatic heterocycles. The van der Waals surface area contributed by atoms with E-state index in [0.29, 0.717) is 0 Å². The summed E-state index contributed by atoms with van der Waals surface area (Å²) in [5.41, 5.74) is 14.5. The van der Waals surface area contributed by atoms with Gasteiger partial charge in [-0.05, 0) is 35.6 Å². The number of nitrogen functional groups attached to an aromatic ring is 2. The summed E-state index contributed by atoms with van der Waals surface area (Å²) in [4.78, 5) is 0. The fourth-order valence-corrected chi connectivity index (χ4v) is 1.67. The Labute approximate surface area is 83.5 Å². The lowest BCUT2D eigenvalue weighted by atomic mass is 10.0. The number of nitrogens with two attached hydrogens (primary N) is 2. The maximum absolute atomic E-state index is 5.95. The second-order valence-electron chi connectivity index (χ2n) is 3.52. The van der Waals surface area contributed by atoms with Crippen LogP contribution >= 0.6 is 0 Å². The molecular weight excluding hydrogens is 172 g/mol. The van der Waals surface area contributed by atoms with Crippen molar-refractivity contribution in [2.75, 3.05) is 11.5 Å². The maximum atomic E-state index is 5.95. The Kier molecular flexibility index (Phi) is 2.04. The van der Waals surface area contributed by atoms with Gasteiger partial charge in [0.15, 0.2) is 0 Å². The zero-order chi connectivity index (χ0) is 10.1. The van der Waals surface area contributed by atoms with Gasteiger partial charge < -0.3 is 11.5 Å². The third kappa shape index (κ3) is 1.39. The molecule has 0 radical (unpaired) electrons. The SMILES string of the molecule is CCc1cc(N)c2cc(N)ccc2c1. The lowest BCUT2D eigenvalue weighted by Crippen LogP contribution is -1.92. The fourth-order valence-electron chi connectivity index (χ4n) is 1.67. The van der Waals surface area contributed by atoms with Gasteiger partial charge in [-0.25, -0.2) is 0 Å². The second-order valence-corrected chi connectivity index (χ2v) is 3.52. The summed E-state index contributed by atoms with van der Waals surface area (Å²) in [6.45, 7) is 2.12. The monoisotopic (exact) mass is 186 g/mol. The third-order valence-corrected chi connectivity index (χ3v) is 2.48. The van der Waals surface area contributed by atoms with Crippen LogP contribution in [0.15, 0.2) is 30.3 Å². The van der Waals surface area contributed by atoms with Crippen molar-refractivity contribution in [2.24, 2.45) is 0 Å². The van der Waals surface area contributed by atoms with Crippen molar-refractivity contribution < 1.29 is 0 Å². The summed E-state index contributed by atoms with van der Waals surface area (Å²) >= 11 is 0. The molecule has 0 saturated carbocycles. The van der Waals surface area contributed by atoms with Crippen LogP contribution in [-0.2, 0) is 6.42 Å². The van der Waals surface area contributed by atoms with E-state index in [1.165, 1.54) is 5.56 Å². The van der Waals surface area contributed by atoms with Gasteiger partial charge in [0.25, 0.3) is 0 Å². The van der Waals surface area contributed by atoms with E-state index in [9.17, 15) is 0 Å². The maximum Gasteiger partial charge on any atom is 0.0397 e. The van der Waals surface area contributed by atoms with E-state index in [0.717, 1.165) is 28.6 Å². The first-order valence-corrected chi connectivity index (χ1v) is 4.78. The van der Waals surface area contributed by atoms with Crippen LogP contribution in [0.2, 0.25) is 0 Å². The van der Waals surface area contributed by atoms with E-state index in [1.54, 1.807) is 0 Å². The third-order valence-electron chi connectivity index (χ3n) is 2.48. The number of anilines is 2. The van der Waals surface area contributed by atoms with Crippen LogP contribution in [0.25, 0.3) is 10.8 Å². The van der Waals surface area contributed by atoms with Gasteiger partial charge in [-0.2, -0.15) is 0 Å². The highest BCUT2D eigenvalue weighted by molar-refractivity contribution is 5.95. The fraction of sp³-hybridized carbons (Fsp3) is 0.167. The van der Waals surface area contributed by atoms with Crippen LogP contribution in [0.5, 0.6) is 0 Å². The van der Waals surface area contributed by atoms with Crippen molar-refractivity contribution in [3.63, 3.8) is 0 Å². The molecule has 2 aromatic carbocycles. The molecule has 2 nitrogen and oxygen atoms in total. The summed E-state index contributed by atoms with van der Waals surface area (Å²) < 4.78 is 0. The highest BCUT2D eigenvalue weighted by Gasteiger charge is 2.00. The highest BCUT2D eigenvalue weighted by atomic mass is 14.6. The molecule has 0 aliphatic rings. The van der Waals surface area contributed by atoms with Gasteiger partial charge in [-0.15, -0.1) is 0 Å². The van der Waals surface area contributed by atoms with E-state index < -0.39 is 0 Å². The molecule has 14 heavy (non-hydrogen) atoms. The van der Waals surface area contributed by atoms with E-state index in [2.05, 4.69) is 13.0 Å². The molecular formula is C12H14N2. The number of benzene rings is 2. The van der Waals surface area contributed by atoms with Crippen molar-refractivity contribution >= 4 is 22.1 Å². The summed E-state index contributed by atoms with van der Waals surface area (Å²) in [6, 6.07) is 10.0. The van der Waals surface area contributed by atoms with Gasteiger partial charge in [0.05, 0.1) is 0 Å². The molecule has 0 unspecified atom stereocenters. The lowest BCUT2D eigenvalue weighted by molar-refractivity contribution is 1.15. The van der Waals surface area contributed by atoms with Gasteiger partial charge in [-0.3, -0.25) is 0 Å². The Balaban J connectivity index is 2.76. The van der Waals surface area contributed by atoms with Crippen molar-refractivity contribution in [3.05, 3.63) is 35.9 Å². The highest BCUT2D eigenvalue weighted by Crippen LogP contribution is 2.25. The number of rotatable bonds is 1. The molecule has 2 aromatic rings. The Morgan fingerprint density at radius 3 is 2.57 bits per heavy atom. The normalized spacial score (nSPS) is 10.6. The van der Waals surface area contributed by atoms with Crippen LogP contribution < -0.4 is 11.5 Å². The predicted octanol–water partition coefficient (Wildman–Crippen LogP) is 2.57. The molecule has 0 aromatic heterocycles. The molecule has 0 aliphatic carbocycles. The van der Waals surface area contributed by atoms with Crippen molar-refractivity contribution in [1.82, 2.24) is 0 Å². The standard InChI is InChI=1S/C12H14N2/c1-2-8-5-9-3-4-10(13)7-11(9)12(14)6-8/h3-7H,2,13-14H2,1H3. The van der Waals surface area contributed by atoms with Crippen molar-refractivity contribution in [3.8, 4) is 0 Å². The molecule has 0 atom stereocenters. The van der Waals surface area contributed by atoms with Crippen molar-refractivity contribution in [2.45, 2.75) is 13.3 Å². The molecule has 72 valence electrons. The molecule has 0 saturated heterocycles. The average molecular weight is 186 g/mol. The van der Waals surface area contributed by atoms with E-state index in [1.807, 2.05) is 24.3 Å². The molecule has 0 spiro atoms. The molecule has 2 heteroatoms. The average Bonchev–Trinajstić information content (AvgIpc) is 2.19. The van der Waals surface area contributed by atoms with Crippen LogP contribution in [0.3, 0.4) is 0 Å². The first-order valence-electron chi connectivity index (χ1n) is 4.78. The molecule has 0 fully saturated rings. The minimum absolute atomic E-state index is 0.758. The summed E-state index contributed by atoms with van der Waals surface area (Å²) in [7, 11) is 0. The molecule has 2 rings (SSSR count). The minimum Gasteiger partial charge on any atom is -0.399 e. The van der Waals surface area contributed by atoms with Crippen LogP contribution in [-0.4, -0.2) is 0 Å². The van der Waals surface area contributed by atoms with Gasteiger partial charge in [-0.1, -0.05) is 19.1 Å². The minimum atomic E-state index is 0.758. The Bertz CT molecular complexity index is 475. The largest absolute Gasteiger partial charge is 0.399 e. The lowest BCUT2D eigenvalue weighted by Gasteiger charge is -2.06. The molecule has 0 heterocycles. The summed E-state index contributed by atoms with van der Waals surface area (Å²) in [5, 5.41) is 2.21. The molecule has 0 bridgehead atoms. The second kappa shape index (κ2) is 3.22. The van der Waals surface area contributed by atoms with E-state index >= 15 is 0 Å². The van der Waals surface area contributed by atoms with E-state index in [4.69, 9.17) is 11.5 Å². The number of hydrogen-bond acceptors (Lipinski definition) is 2. The van der Waals surface area contributed by atoms with Crippen LogP contribution in [0.4, 0.5) is 11.4 Å². The summed E-state index contributed by atoms with van der Waals surface area (Å²) in [6.07, 6.45) is 1.00. The topological polar surface area (TPSA) is 52.0 Å². The number of aryl methyl sites for hydroxylation is 1. The quantitative estimate of drug-likeness (QED) is 0.672. The van der Waals surface area contributed by atoms with Crippen LogP contribution in [0, 0.1) is 0 Å². The van der Waals surface area contributed by atoms with Gasteiger partial charge >= 0.3 is 0 Å².